The molecule has 0 aliphatic heterocycles. The average Bonchev–Trinajstić information content (AvgIpc) is 2.73. The second kappa shape index (κ2) is 11.5. The predicted octanol–water partition coefficient (Wildman–Crippen LogP) is 3.83. The van der Waals surface area contributed by atoms with Crippen molar-refractivity contribution in [1.29, 1.82) is 0 Å². The second-order valence-electron chi connectivity index (χ2n) is 8.52. The van der Waals surface area contributed by atoms with Crippen LogP contribution in [0.25, 0.3) is 0 Å². The summed E-state index contributed by atoms with van der Waals surface area (Å²) in [5.41, 5.74) is -0.0777. The SMILES string of the molecule is CN(CCOC(=O)/C=C/C(=O)c1ccc(F)cc1)C(C(=O)NC(C)(C)C)c1ccccc1F. The lowest BCUT2D eigenvalue weighted by atomic mass is 10.0. The lowest BCUT2D eigenvalue weighted by molar-refractivity contribution is -0.138. The number of carbonyl (C=O) groups is 3. The van der Waals surface area contributed by atoms with Gasteiger partial charge >= 0.3 is 5.97 Å². The molecule has 0 heterocycles. The Morgan fingerprint density at radius 1 is 1.03 bits per heavy atom. The Labute approximate surface area is 192 Å². The third kappa shape index (κ3) is 8.23. The number of ether oxygens (including phenoxy) is 1. The van der Waals surface area contributed by atoms with Crippen LogP contribution < -0.4 is 5.32 Å². The Balaban J connectivity index is 1.98. The van der Waals surface area contributed by atoms with Crippen LogP contribution in [-0.4, -0.2) is 48.3 Å². The molecular weight excluding hydrogens is 430 g/mol. The molecule has 2 aromatic carbocycles. The van der Waals surface area contributed by atoms with Gasteiger partial charge in [-0.1, -0.05) is 18.2 Å². The number of amides is 1. The summed E-state index contributed by atoms with van der Waals surface area (Å²) in [6.45, 7) is 5.53. The van der Waals surface area contributed by atoms with Crippen molar-refractivity contribution in [3.8, 4) is 0 Å². The van der Waals surface area contributed by atoms with Gasteiger partial charge in [0.25, 0.3) is 0 Å². The molecule has 0 fully saturated rings. The molecule has 8 heteroatoms. The smallest absolute Gasteiger partial charge is 0.330 e. The summed E-state index contributed by atoms with van der Waals surface area (Å²) in [4.78, 5) is 38.4. The van der Waals surface area contributed by atoms with Crippen molar-refractivity contribution in [2.75, 3.05) is 20.2 Å². The first-order valence-corrected chi connectivity index (χ1v) is 10.4. The highest BCUT2D eigenvalue weighted by molar-refractivity contribution is 6.06. The number of halogens is 2. The van der Waals surface area contributed by atoms with E-state index in [1.54, 1.807) is 24.1 Å². The van der Waals surface area contributed by atoms with E-state index in [9.17, 15) is 23.2 Å². The number of hydrogen-bond acceptors (Lipinski definition) is 5. The minimum Gasteiger partial charge on any atom is -0.461 e. The van der Waals surface area contributed by atoms with Gasteiger partial charge in [-0.05, 0) is 64.2 Å². The van der Waals surface area contributed by atoms with Crippen LogP contribution in [0.4, 0.5) is 8.78 Å². The number of nitrogens with zero attached hydrogens (tertiary/aromatic N) is 1. The topological polar surface area (TPSA) is 75.7 Å². The molecule has 0 spiro atoms. The number of benzene rings is 2. The molecule has 0 aromatic heterocycles. The Hall–Kier alpha value is -3.39. The number of ketones is 1. The van der Waals surface area contributed by atoms with Crippen LogP contribution in [0.3, 0.4) is 0 Å². The van der Waals surface area contributed by atoms with Crippen LogP contribution in [0.15, 0.2) is 60.7 Å². The maximum Gasteiger partial charge on any atom is 0.330 e. The third-order valence-corrected chi connectivity index (χ3v) is 4.57. The molecule has 6 nitrogen and oxygen atoms in total. The van der Waals surface area contributed by atoms with E-state index in [0.717, 1.165) is 24.3 Å². The molecule has 1 atom stereocenters. The van der Waals surface area contributed by atoms with E-state index < -0.39 is 35.0 Å². The van der Waals surface area contributed by atoms with Gasteiger partial charge in [0, 0.05) is 29.3 Å². The zero-order valence-corrected chi connectivity index (χ0v) is 19.1. The van der Waals surface area contributed by atoms with Crippen molar-refractivity contribution >= 4 is 17.7 Å². The number of hydrogen-bond donors (Lipinski definition) is 1. The standard InChI is InChI=1S/C25H28F2N2O4/c1-25(2,3)28-24(32)23(19-7-5-6-8-20(19)27)29(4)15-16-33-22(31)14-13-21(30)17-9-11-18(26)12-10-17/h5-14,23H,15-16H2,1-4H3,(H,28,32)/b14-13+. The number of carbonyl (C=O) groups excluding carboxylic acids is 3. The van der Waals surface area contributed by atoms with Crippen molar-refractivity contribution in [3.05, 3.63) is 83.4 Å². The van der Waals surface area contributed by atoms with Gasteiger partial charge in [0.15, 0.2) is 5.78 Å². The number of allylic oxidation sites excluding steroid dienone is 1. The van der Waals surface area contributed by atoms with Gasteiger partial charge in [-0.2, -0.15) is 0 Å². The fourth-order valence-electron chi connectivity index (χ4n) is 3.04. The minimum absolute atomic E-state index is 0.0852. The van der Waals surface area contributed by atoms with E-state index in [-0.39, 0.29) is 30.2 Å². The summed E-state index contributed by atoms with van der Waals surface area (Å²) < 4.78 is 32.5. The summed E-state index contributed by atoms with van der Waals surface area (Å²) in [7, 11) is 1.63. The Bertz CT molecular complexity index is 1010. The Morgan fingerprint density at radius 3 is 2.27 bits per heavy atom. The van der Waals surface area contributed by atoms with E-state index in [2.05, 4.69) is 5.32 Å². The van der Waals surface area contributed by atoms with Crippen molar-refractivity contribution in [1.82, 2.24) is 10.2 Å². The molecule has 1 unspecified atom stereocenters. The lowest BCUT2D eigenvalue weighted by Gasteiger charge is -2.31. The molecular formula is C25H28F2N2O4. The number of rotatable bonds is 9. The zero-order chi connectivity index (χ0) is 24.6. The molecule has 0 radical (unpaired) electrons. The quantitative estimate of drug-likeness (QED) is 0.351. The van der Waals surface area contributed by atoms with E-state index in [4.69, 9.17) is 4.74 Å². The first-order chi connectivity index (χ1) is 15.5. The summed E-state index contributed by atoms with van der Waals surface area (Å²) in [6, 6.07) is 10.00. The van der Waals surface area contributed by atoms with Crippen molar-refractivity contribution < 1.29 is 27.9 Å². The molecule has 1 amide bonds. The minimum atomic E-state index is -0.931. The highest BCUT2D eigenvalue weighted by Gasteiger charge is 2.30. The molecule has 33 heavy (non-hydrogen) atoms. The van der Waals surface area contributed by atoms with Crippen LogP contribution in [0.5, 0.6) is 0 Å². The van der Waals surface area contributed by atoms with Crippen molar-refractivity contribution in [2.24, 2.45) is 0 Å². The molecule has 0 saturated carbocycles. The van der Waals surface area contributed by atoms with Gasteiger partial charge in [-0.15, -0.1) is 0 Å². The first kappa shape index (κ1) is 25.9. The Kier molecular flexibility index (Phi) is 8.99. The molecule has 0 saturated heterocycles. The Morgan fingerprint density at radius 2 is 1.67 bits per heavy atom. The maximum atomic E-state index is 14.4. The summed E-state index contributed by atoms with van der Waals surface area (Å²) in [5, 5.41) is 2.85. The van der Waals surface area contributed by atoms with Crippen LogP contribution in [-0.2, 0) is 14.3 Å². The average molecular weight is 459 g/mol. The maximum absolute atomic E-state index is 14.4. The molecule has 2 rings (SSSR count). The van der Waals surface area contributed by atoms with E-state index in [1.165, 1.54) is 24.3 Å². The van der Waals surface area contributed by atoms with Crippen LogP contribution in [0.1, 0.15) is 42.7 Å². The monoisotopic (exact) mass is 458 g/mol. The molecule has 0 aliphatic rings. The van der Waals surface area contributed by atoms with Crippen molar-refractivity contribution in [2.45, 2.75) is 32.4 Å². The van der Waals surface area contributed by atoms with Crippen molar-refractivity contribution in [3.63, 3.8) is 0 Å². The molecule has 1 N–H and O–H groups in total. The van der Waals surface area contributed by atoms with Gasteiger partial charge < -0.3 is 10.1 Å². The molecule has 0 bridgehead atoms. The lowest BCUT2D eigenvalue weighted by Crippen LogP contribution is -2.47. The predicted molar refractivity (Wildman–Crippen MR) is 120 cm³/mol. The van der Waals surface area contributed by atoms with Crippen LogP contribution in [0.2, 0.25) is 0 Å². The largest absolute Gasteiger partial charge is 0.461 e. The number of esters is 1. The van der Waals surface area contributed by atoms with E-state index in [0.29, 0.717) is 0 Å². The second-order valence-corrected chi connectivity index (χ2v) is 8.52. The summed E-state index contributed by atoms with van der Waals surface area (Å²) >= 11 is 0. The van der Waals surface area contributed by atoms with Gasteiger partial charge in [0.1, 0.15) is 24.3 Å². The fourth-order valence-corrected chi connectivity index (χ4v) is 3.04. The van der Waals surface area contributed by atoms with Gasteiger partial charge in [-0.25, -0.2) is 13.6 Å². The highest BCUT2D eigenvalue weighted by Crippen LogP contribution is 2.23. The van der Waals surface area contributed by atoms with E-state index >= 15 is 0 Å². The van der Waals surface area contributed by atoms with Gasteiger partial charge in [0.2, 0.25) is 5.91 Å². The molecule has 0 aliphatic carbocycles. The summed E-state index contributed by atoms with van der Waals surface area (Å²) in [5.74, 6) is -2.59. The fraction of sp³-hybridized carbons (Fsp3) is 0.320. The van der Waals surface area contributed by atoms with Crippen LogP contribution >= 0.6 is 0 Å². The summed E-state index contributed by atoms with van der Waals surface area (Å²) in [6.07, 6.45) is 2.02. The van der Waals surface area contributed by atoms with E-state index in [1.807, 2.05) is 20.8 Å². The van der Waals surface area contributed by atoms with Crippen LogP contribution in [0, 0.1) is 11.6 Å². The highest BCUT2D eigenvalue weighted by atomic mass is 19.1. The molecule has 176 valence electrons. The number of nitrogens with one attached hydrogen (secondary N) is 1. The molecule has 2 aromatic rings. The number of likely N-dealkylation sites (N-methyl/N-ethyl adjacent to an activating group) is 1. The van der Waals surface area contributed by atoms with Gasteiger partial charge in [-0.3, -0.25) is 14.5 Å². The van der Waals surface area contributed by atoms with Gasteiger partial charge in [0.05, 0.1) is 0 Å². The zero-order valence-electron chi connectivity index (χ0n) is 19.1. The normalized spacial score (nSPS) is 12.6. The third-order valence-electron chi connectivity index (χ3n) is 4.57. The first-order valence-electron chi connectivity index (χ1n) is 10.4.